The number of hydrogen-bond acceptors (Lipinski definition) is 2. The molecule has 30 heavy (non-hydrogen) atoms. The van der Waals surface area contributed by atoms with Gasteiger partial charge in [-0.3, -0.25) is 0 Å². The first kappa shape index (κ1) is 28.7. The zero-order chi connectivity index (χ0) is 21.5. The van der Waals surface area contributed by atoms with E-state index in [1.165, 1.54) is 153 Å². The average Bonchev–Trinajstić information content (AvgIpc) is 2.77. The minimum atomic E-state index is 0.919. The number of unbranched alkanes of at least 4 members (excludes halogenated alkanes) is 18. The van der Waals surface area contributed by atoms with E-state index in [0.29, 0.717) is 0 Å². The van der Waals surface area contributed by atoms with Crippen molar-refractivity contribution in [3.05, 3.63) is 0 Å². The van der Waals surface area contributed by atoms with E-state index in [2.05, 4.69) is 37.4 Å². The van der Waals surface area contributed by atoms with Crippen LogP contribution in [0.5, 0.6) is 0 Å². The van der Waals surface area contributed by atoms with Crippen LogP contribution >= 0.6 is 23.5 Å². The monoisotopic (exact) mass is 456 g/mol. The molecule has 0 saturated carbocycles. The highest BCUT2D eigenvalue weighted by Gasteiger charge is 2.21. The summed E-state index contributed by atoms with van der Waals surface area (Å²) in [6, 6.07) is 0. The van der Waals surface area contributed by atoms with Crippen molar-refractivity contribution in [3.63, 3.8) is 0 Å². The van der Waals surface area contributed by atoms with E-state index in [1.54, 1.807) is 0 Å². The lowest BCUT2D eigenvalue weighted by atomic mass is 10.0. The Morgan fingerprint density at radius 1 is 0.433 bits per heavy atom. The van der Waals surface area contributed by atoms with Crippen molar-refractivity contribution in [2.24, 2.45) is 5.92 Å². The summed E-state index contributed by atoms with van der Waals surface area (Å²) < 4.78 is 0.919. The molecule has 0 aliphatic carbocycles. The lowest BCUT2D eigenvalue weighted by Gasteiger charge is -2.27. The molecule has 0 amide bonds. The molecule has 0 spiro atoms. The van der Waals surface area contributed by atoms with Crippen LogP contribution in [0.1, 0.15) is 155 Å². The van der Waals surface area contributed by atoms with Gasteiger partial charge in [-0.05, 0) is 30.3 Å². The first-order chi connectivity index (χ1) is 14.9. The Bertz CT molecular complexity index is 291. The Morgan fingerprint density at radius 3 is 1.17 bits per heavy atom. The molecule has 1 fully saturated rings. The average molecular weight is 457 g/mol. The van der Waals surface area contributed by atoms with E-state index >= 15 is 0 Å². The van der Waals surface area contributed by atoms with E-state index in [9.17, 15) is 0 Å². The highest BCUT2D eigenvalue weighted by atomic mass is 32.2. The van der Waals surface area contributed by atoms with Gasteiger partial charge in [-0.2, -0.15) is 0 Å². The maximum absolute atomic E-state index is 2.31. The van der Waals surface area contributed by atoms with E-state index in [1.807, 2.05) is 0 Å². The van der Waals surface area contributed by atoms with Crippen LogP contribution in [0.15, 0.2) is 0 Å². The fraction of sp³-hybridized carbons (Fsp3) is 1.00. The van der Waals surface area contributed by atoms with E-state index in [-0.39, 0.29) is 0 Å². The SMILES string of the molecule is CCCCCCCCCCCCC1CSC(CCCCCCCCCCCC)SC1. The predicted octanol–water partition coefficient (Wildman–Crippen LogP) is 11.0. The van der Waals surface area contributed by atoms with Crippen LogP contribution in [-0.4, -0.2) is 16.1 Å². The topological polar surface area (TPSA) is 0 Å². The molecule has 0 unspecified atom stereocenters. The summed E-state index contributed by atoms with van der Waals surface area (Å²) in [6.07, 6.45) is 32.3. The van der Waals surface area contributed by atoms with Crippen LogP contribution in [-0.2, 0) is 0 Å². The number of rotatable bonds is 22. The van der Waals surface area contributed by atoms with Crippen LogP contribution in [0.2, 0.25) is 0 Å². The summed E-state index contributed by atoms with van der Waals surface area (Å²) in [6.45, 7) is 4.62. The van der Waals surface area contributed by atoms with Crippen molar-refractivity contribution in [1.82, 2.24) is 0 Å². The van der Waals surface area contributed by atoms with Gasteiger partial charge < -0.3 is 0 Å². The van der Waals surface area contributed by atoms with Crippen LogP contribution in [0, 0.1) is 5.92 Å². The summed E-state index contributed by atoms with van der Waals surface area (Å²) in [5.41, 5.74) is 0. The van der Waals surface area contributed by atoms with Gasteiger partial charge in [0.2, 0.25) is 0 Å². The summed E-state index contributed by atoms with van der Waals surface area (Å²) in [5.74, 6) is 3.91. The maximum Gasteiger partial charge on any atom is 0.0502 e. The van der Waals surface area contributed by atoms with Gasteiger partial charge >= 0.3 is 0 Å². The number of thioether (sulfide) groups is 2. The van der Waals surface area contributed by atoms with Crippen molar-refractivity contribution in [2.75, 3.05) is 11.5 Å². The lowest BCUT2D eigenvalue weighted by Crippen LogP contribution is -2.17. The zero-order valence-electron chi connectivity index (χ0n) is 20.9. The third kappa shape index (κ3) is 18.3. The molecule has 0 aromatic rings. The molecule has 1 saturated heterocycles. The molecule has 0 nitrogen and oxygen atoms in total. The quantitative estimate of drug-likeness (QED) is 0.148. The van der Waals surface area contributed by atoms with Crippen molar-refractivity contribution in [1.29, 1.82) is 0 Å². The Balaban J connectivity index is 1.80. The van der Waals surface area contributed by atoms with Gasteiger partial charge in [0.15, 0.2) is 0 Å². The molecular weight excluding hydrogens is 400 g/mol. The van der Waals surface area contributed by atoms with Gasteiger partial charge in [-0.1, -0.05) is 142 Å². The van der Waals surface area contributed by atoms with Crippen LogP contribution < -0.4 is 0 Å². The highest BCUT2D eigenvalue weighted by Crippen LogP contribution is 2.38. The third-order valence-corrected chi connectivity index (χ3v) is 10.2. The second kappa shape index (κ2) is 22.9. The molecule has 1 aliphatic heterocycles. The Kier molecular flexibility index (Phi) is 21.9. The standard InChI is InChI=1S/C28H56S2/c1-3-5-7-9-11-13-15-17-19-21-23-27-25-29-28(30-26-27)24-22-20-18-16-14-12-10-8-6-4-2/h27-28H,3-26H2,1-2H3. The second-order valence-corrected chi connectivity index (χ2v) is 12.7. The molecule has 0 N–H and O–H groups in total. The Morgan fingerprint density at radius 2 is 0.767 bits per heavy atom. The van der Waals surface area contributed by atoms with Crippen molar-refractivity contribution in [2.45, 2.75) is 160 Å². The minimum Gasteiger partial charge on any atom is -0.147 e. The fourth-order valence-electron chi connectivity index (χ4n) is 4.64. The van der Waals surface area contributed by atoms with Crippen molar-refractivity contribution < 1.29 is 0 Å². The normalized spacial score (nSPS) is 19.4. The molecule has 0 radical (unpaired) electrons. The van der Waals surface area contributed by atoms with E-state index in [4.69, 9.17) is 0 Å². The third-order valence-electron chi connectivity index (χ3n) is 6.79. The Hall–Kier alpha value is 0.700. The molecule has 0 atom stereocenters. The highest BCUT2D eigenvalue weighted by molar-refractivity contribution is 8.17. The summed E-state index contributed by atoms with van der Waals surface area (Å²) in [5, 5.41) is 0. The lowest BCUT2D eigenvalue weighted by molar-refractivity contribution is 0.511. The maximum atomic E-state index is 2.31. The predicted molar refractivity (Wildman–Crippen MR) is 145 cm³/mol. The van der Waals surface area contributed by atoms with Gasteiger partial charge in [0.25, 0.3) is 0 Å². The van der Waals surface area contributed by atoms with Gasteiger partial charge in [0.05, 0.1) is 4.58 Å². The Labute approximate surface area is 200 Å². The van der Waals surface area contributed by atoms with Gasteiger partial charge in [0.1, 0.15) is 0 Å². The van der Waals surface area contributed by atoms with Crippen molar-refractivity contribution >= 4 is 23.5 Å². The van der Waals surface area contributed by atoms with Crippen LogP contribution in [0.3, 0.4) is 0 Å². The summed E-state index contributed by atoms with van der Waals surface area (Å²) in [7, 11) is 0. The van der Waals surface area contributed by atoms with Gasteiger partial charge in [-0.15, -0.1) is 23.5 Å². The van der Waals surface area contributed by atoms with E-state index in [0.717, 1.165) is 10.5 Å². The summed E-state index contributed by atoms with van der Waals surface area (Å²) >= 11 is 4.59. The largest absolute Gasteiger partial charge is 0.147 e. The zero-order valence-corrected chi connectivity index (χ0v) is 22.6. The smallest absolute Gasteiger partial charge is 0.0502 e. The molecule has 0 bridgehead atoms. The summed E-state index contributed by atoms with van der Waals surface area (Å²) in [4.78, 5) is 0. The van der Waals surface area contributed by atoms with E-state index < -0.39 is 0 Å². The fourth-order valence-corrected chi connectivity index (χ4v) is 7.85. The molecule has 0 aromatic heterocycles. The molecule has 2 heteroatoms. The minimum absolute atomic E-state index is 0.919. The first-order valence-electron chi connectivity index (χ1n) is 14.1. The molecule has 1 heterocycles. The number of hydrogen-bond donors (Lipinski definition) is 0. The first-order valence-corrected chi connectivity index (χ1v) is 16.2. The van der Waals surface area contributed by atoms with Crippen molar-refractivity contribution in [3.8, 4) is 0 Å². The molecule has 0 aromatic carbocycles. The molecule has 1 rings (SSSR count). The van der Waals surface area contributed by atoms with Crippen LogP contribution in [0.25, 0.3) is 0 Å². The molecule has 1 aliphatic rings. The molecule has 180 valence electrons. The second-order valence-electron chi connectivity index (χ2n) is 9.90. The van der Waals surface area contributed by atoms with Crippen LogP contribution in [0.4, 0.5) is 0 Å². The van der Waals surface area contributed by atoms with Gasteiger partial charge in [-0.25, -0.2) is 0 Å². The molecular formula is C28H56S2. The van der Waals surface area contributed by atoms with Gasteiger partial charge in [0, 0.05) is 0 Å².